The molecular formula is C24H30N5OP. The van der Waals surface area contributed by atoms with E-state index < -0.39 is 0 Å². The standard InChI is InChI=1S/C24H30N5OP/c1-4-19-21-12-20(26-29(21)14-16(3)25-19)22-13-23(30)28-15-18(6-7-24(28)31-22)17-8-10-27(5-2)11-9-17/h6-7,12-15,17,24,31H,4-5,8-11H2,1-3H3. The van der Waals surface area contributed by atoms with Crippen LogP contribution in [0.25, 0.3) is 10.8 Å². The van der Waals surface area contributed by atoms with E-state index in [-0.39, 0.29) is 11.7 Å². The maximum absolute atomic E-state index is 13.1. The average molecular weight is 436 g/mol. The fourth-order valence-corrected chi connectivity index (χ4v) is 6.17. The number of nitrogens with zero attached hydrogens (tertiary/aromatic N) is 5. The first-order valence-electron chi connectivity index (χ1n) is 11.3. The van der Waals surface area contributed by atoms with Crippen LogP contribution in [-0.4, -0.2) is 55.7 Å². The predicted molar refractivity (Wildman–Crippen MR) is 126 cm³/mol. The summed E-state index contributed by atoms with van der Waals surface area (Å²) in [6.45, 7) is 9.76. The molecule has 2 unspecified atom stereocenters. The van der Waals surface area contributed by atoms with Crippen molar-refractivity contribution < 1.29 is 4.79 Å². The van der Waals surface area contributed by atoms with Crippen molar-refractivity contribution in [3.8, 4) is 0 Å². The van der Waals surface area contributed by atoms with Crippen LogP contribution in [-0.2, 0) is 11.2 Å². The zero-order chi connectivity index (χ0) is 21.5. The summed E-state index contributed by atoms with van der Waals surface area (Å²) in [6, 6.07) is 2.09. The van der Waals surface area contributed by atoms with Gasteiger partial charge in [0.15, 0.2) is 0 Å². The van der Waals surface area contributed by atoms with Crippen LogP contribution in [0.2, 0.25) is 0 Å². The first-order chi connectivity index (χ1) is 15.1. The summed E-state index contributed by atoms with van der Waals surface area (Å²) in [6.07, 6.45) is 13.6. The number of piperidine rings is 1. The molecule has 0 N–H and O–H groups in total. The summed E-state index contributed by atoms with van der Waals surface area (Å²) in [5, 5.41) is 5.82. The number of hydrogen-bond acceptors (Lipinski definition) is 4. The minimum Gasteiger partial charge on any atom is -0.304 e. The summed E-state index contributed by atoms with van der Waals surface area (Å²) in [7, 11) is 0.490. The number of carbonyl (C=O) groups is 1. The largest absolute Gasteiger partial charge is 0.304 e. The SMILES string of the molecule is CCc1nc(C)cn2nc(C3=CC(=O)N4C=C(C5CCN(CC)CC5)C=CC4P3)cc12. The Morgan fingerprint density at radius 3 is 2.77 bits per heavy atom. The molecule has 0 aliphatic carbocycles. The van der Waals surface area contributed by atoms with Crippen molar-refractivity contribution in [2.45, 2.75) is 45.8 Å². The second-order valence-electron chi connectivity index (χ2n) is 8.63. The highest BCUT2D eigenvalue weighted by Crippen LogP contribution is 2.45. The predicted octanol–water partition coefficient (Wildman–Crippen LogP) is 3.97. The number of fused-ring (bicyclic) bond motifs is 2. The summed E-state index contributed by atoms with van der Waals surface area (Å²) in [5.41, 5.74) is 5.24. The molecule has 6 nitrogen and oxygen atoms in total. The van der Waals surface area contributed by atoms with Gasteiger partial charge >= 0.3 is 0 Å². The highest BCUT2D eigenvalue weighted by atomic mass is 31.1. The summed E-state index contributed by atoms with van der Waals surface area (Å²) >= 11 is 0. The molecule has 1 saturated heterocycles. The topological polar surface area (TPSA) is 53.7 Å². The van der Waals surface area contributed by atoms with Crippen LogP contribution in [0.3, 0.4) is 0 Å². The Bertz CT molecular complexity index is 1110. The number of aryl methyl sites for hydroxylation is 2. The Balaban J connectivity index is 1.39. The summed E-state index contributed by atoms with van der Waals surface area (Å²) in [5.74, 6) is 0.721. The molecule has 0 spiro atoms. The van der Waals surface area contributed by atoms with E-state index in [0.29, 0.717) is 14.5 Å². The lowest BCUT2D eigenvalue weighted by molar-refractivity contribution is -0.123. The lowest BCUT2D eigenvalue weighted by Gasteiger charge is -2.37. The van der Waals surface area contributed by atoms with Gasteiger partial charge in [-0.2, -0.15) is 5.10 Å². The Kier molecular flexibility index (Phi) is 5.53. The van der Waals surface area contributed by atoms with Crippen molar-refractivity contribution in [2.75, 3.05) is 19.6 Å². The molecule has 3 aliphatic heterocycles. The van der Waals surface area contributed by atoms with Crippen LogP contribution in [0.1, 0.15) is 43.8 Å². The normalized spacial score (nSPS) is 23.4. The van der Waals surface area contributed by atoms with Gasteiger partial charge in [-0.05, 0) is 63.4 Å². The number of aromatic nitrogens is 3. The molecule has 1 fully saturated rings. The zero-order valence-corrected chi connectivity index (χ0v) is 19.5. The summed E-state index contributed by atoms with van der Waals surface area (Å²) in [4.78, 5) is 22.1. The van der Waals surface area contributed by atoms with Gasteiger partial charge in [-0.15, -0.1) is 0 Å². The molecule has 5 rings (SSSR count). The van der Waals surface area contributed by atoms with Crippen LogP contribution < -0.4 is 0 Å². The maximum Gasteiger partial charge on any atom is 0.252 e. The third kappa shape index (κ3) is 3.88. The Labute approximate surface area is 185 Å². The van der Waals surface area contributed by atoms with Gasteiger partial charge in [0, 0.05) is 17.6 Å². The van der Waals surface area contributed by atoms with Crippen LogP contribution in [0.5, 0.6) is 0 Å². The lowest BCUT2D eigenvalue weighted by atomic mass is 9.88. The van der Waals surface area contributed by atoms with Gasteiger partial charge in [-0.3, -0.25) is 9.78 Å². The number of amides is 1. The molecule has 0 bridgehead atoms. The number of carbonyl (C=O) groups excluding carboxylic acids is 1. The molecule has 2 aromatic rings. The smallest absolute Gasteiger partial charge is 0.252 e. The Morgan fingerprint density at radius 1 is 1.23 bits per heavy atom. The van der Waals surface area contributed by atoms with E-state index >= 15 is 0 Å². The monoisotopic (exact) mass is 435 g/mol. The molecule has 5 heterocycles. The van der Waals surface area contributed by atoms with E-state index in [1.165, 1.54) is 18.4 Å². The van der Waals surface area contributed by atoms with Crippen molar-refractivity contribution in [1.82, 2.24) is 24.4 Å². The molecular weight excluding hydrogens is 405 g/mol. The third-order valence-corrected chi connectivity index (χ3v) is 8.13. The van der Waals surface area contributed by atoms with Gasteiger partial charge in [0.25, 0.3) is 5.91 Å². The first kappa shape index (κ1) is 20.6. The first-order valence-corrected chi connectivity index (χ1v) is 12.4. The lowest BCUT2D eigenvalue weighted by Crippen LogP contribution is -2.38. The van der Waals surface area contributed by atoms with Crippen LogP contribution in [0.4, 0.5) is 0 Å². The molecule has 162 valence electrons. The van der Waals surface area contributed by atoms with Gasteiger partial charge in [-0.25, -0.2) is 4.52 Å². The molecule has 2 atom stereocenters. The second-order valence-corrected chi connectivity index (χ2v) is 10.1. The van der Waals surface area contributed by atoms with Gasteiger partial charge in [0.2, 0.25) is 0 Å². The van der Waals surface area contributed by atoms with Crippen LogP contribution in [0, 0.1) is 12.8 Å². The third-order valence-electron chi connectivity index (χ3n) is 6.65. The highest BCUT2D eigenvalue weighted by Gasteiger charge is 2.31. The van der Waals surface area contributed by atoms with Crippen molar-refractivity contribution in [3.05, 3.63) is 59.3 Å². The molecule has 0 saturated carbocycles. The minimum absolute atomic E-state index is 0.0636. The van der Waals surface area contributed by atoms with E-state index in [1.807, 2.05) is 22.5 Å². The van der Waals surface area contributed by atoms with Crippen molar-refractivity contribution in [2.24, 2.45) is 5.92 Å². The molecule has 3 aliphatic rings. The average Bonchev–Trinajstić information content (AvgIpc) is 3.22. The van der Waals surface area contributed by atoms with E-state index in [2.05, 4.69) is 48.1 Å². The number of hydrogen-bond donors (Lipinski definition) is 0. The molecule has 2 aromatic heterocycles. The number of rotatable bonds is 4. The molecule has 1 amide bonds. The van der Waals surface area contributed by atoms with Crippen molar-refractivity contribution in [1.29, 1.82) is 0 Å². The van der Waals surface area contributed by atoms with E-state index in [1.54, 1.807) is 6.08 Å². The maximum atomic E-state index is 13.1. The van der Waals surface area contributed by atoms with Crippen molar-refractivity contribution >= 4 is 25.3 Å². The Morgan fingerprint density at radius 2 is 2.03 bits per heavy atom. The van der Waals surface area contributed by atoms with Gasteiger partial charge < -0.3 is 9.80 Å². The van der Waals surface area contributed by atoms with Gasteiger partial charge in [-0.1, -0.05) is 34.6 Å². The number of likely N-dealkylation sites (tertiary alicyclic amines) is 1. The summed E-state index contributed by atoms with van der Waals surface area (Å²) < 4.78 is 1.91. The van der Waals surface area contributed by atoms with Gasteiger partial charge in [0.05, 0.1) is 34.6 Å². The minimum atomic E-state index is 0.0636. The second kappa shape index (κ2) is 8.33. The van der Waals surface area contributed by atoms with E-state index in [9.17, 15) is 4.79 Å². The van der Waals surface area contributed by atoms with Crippen LogP contribution in [0.15, 0.2) is 42.3 Å². The molecule has 0 radical (unpaired) electrons. The molecule has 31 heavy (non-hydrogen) atoms. The van der Waals surface area contributed by atoms with Gasteiger partial charge in [0.1, 0.15) is 0 Å². The van der Waals surface area contributed by atoms with E-state index in [4.69, 9.17) is 5.10 Å². The fourth-order valence-electron chi connectivity index (χ4n) is 4.84. The molecule has 0 aromatic carbocycles. The van der Waals surface area contributed by atoms with Crippen LogP contribution >= 0.6 is 8.58 Å². The highest BCUT2D eigenvalue weighted by molar-refractivity contribution is 7.51. The molecule has 7 heteroatoms. The zero-order valence-electron chi connectivity index (χ0n) is 18.5. The van der Waals surface area contributed by atoms with E-state index in [0.717, 1.165) is 54.0 Å². The Hall–Kier alpha value is -2.30. The van der Waals surface area contributed by atoms with Crippen molar-refractivity contribution in [3.63, 3.8) is 0 Å². The fraction of sp³-hybridized carbons (Fsp3) is 0.458. The quantitative estimate of drug-likeness (QED) is 0.682. The number of allylic oxidation sites excluding steroid dienone is 2.